The van der Waals surface area contributed by atoms with Crippen molar-refractivity contribution in [2.75, 3.05) is 6.16 Å². The summed E-state index contributed by atoms with van der Waals surface area (Å²) in [6, 6.07) is 33.6. The number of hydrogen-bond donors (Lipinski definition) is 0. The summed E-state index contributed by atoms with van der Waals surface area (Å²) in [5.74, 6) is 0. The van der Waals surface area contributed by atoms with Crippen LogP contribution < -0.4 is 0 Å². The lowest BCUT2D eigenvalue weighted by Crippen LogP contribution is -2.30. The number of hydrogen-bond acceptors (Lipinski definition) is 0. The molecule has 37 heavy (non-hydrogen) atoms. The number of unbranched alkanes of at least 4 members (excludes halogenated alkanes) is 10. The second-order valence-corrected chi connectivity index (χ2v) is 14.1. The molecule has 0 bridgehead atoms. The van der Waals surface area contributed by atoms with Gasteiger partial charge in [0.1, 0.15) is 0 Å². The van der Waals surface area contributed by atoms with Crippen LogP contribution in [-0.2, 0) is 19.3 Å². The molecule has 0 nitrogen and oxygen atoms in total. The molecule has 3 aromatic carbocycles. The van der Waals surface area contributed by atoms with E-state index >= 15 is 0 Å². The first kappa shape index (κ1) is 30.4. The molecule has 0 amide bonds. The molecule has 0 saturated heterocycles. The summed E-state index contributed by atoms with van der Waals surface area (Å²) in [6.45, 7) is 0. The fourth-order valence-corrected chi connectivity index (χ4v) is 7.35. The molecule has 3 aromatic rings. The number of rotatable bonds is 20. The first-order valence-corrected chi connectivity index (χ1v) is 19.1. The third-order valence-corrected chi connectivity index (χ3v) is 9.90. The monoisotopic (exact) mass is 626 g/mol. The molecule has 0 radical (unpaired) electrons. The molecule has 0 N–H and O–H groups in total. The van der Waals surface area contributed by atoms with Crippen molar-refractivity contribution in [2.24, 2.45) is 5.41 Å². The van der Waals surface area contributed by atoms with Gasteiger partial charge in [0.15, 0.2) is 0 Å². The van der Waals surface area contributed by atoms with Crippen molar-refractivity contribution in [3.63, 3.8) is 0 Å². The Labute approximate surface area is 242 Å². The van der Waals surface area contributed by atoms with Crippen molar-refractivity contribution in [2.45, 2.75) is 96.3 Å². The van der Waals surface area contributed by atoms with E-state index in [9.17, 15) is 0 Å². The maximum atomic E-state index is 2.53. The predicted molar refractivity (Wildman–Crippen MR) is 175 cm³/mol. The Morgan fingerprint density at radius 1 is 0.432 bits per heavy atom. The van der Waals surface area contributed by atoms with Crippen molar-refractivity contribution < 1.29 is 0 Å². The minimum Gasteiger partial charge on any atom is -0.0622 e. The molecule has 1 atom stereocenters. The van der Waals surface area contributed by atoms with Gasteiger partial charge in [0.05, 0.1) is 0 Å². The van der Waals surface area contributed by atoms with Gasteiger partial charge in [0.2, 0.25) is 0 Å². The van der Waals surface area contributed by atoms with E-state index in [1.165, 1.54) is 99.9 Å². The molecular formula is C35H48IP. The standard InChI is InChI=1S/C35H48IP/c36-37-28-20-9-7-5-3-1-2-4-6-8-19-27-35(29-32-21-13-10-14-22-32,30-33-23-15-11-16-24-33)31-34-25-17-12-18-26-34/h10-18,21-26,37H,1-9,19-20,27-31H2. The van der Waals surface area contributed by atoms with Crippen LogP contribution in [0.2, 0.25) is 0 Å². The molecule has 0 aliphatic carbocycles. The van der Waals surface area contributed by atoms with Crippen LogP contribution in [0.25, 0.3) is 0 Å². The summed E-state index contributed by atoms with van der Waals surface area (Å²) in [5.41, 5.74) is 4.68. The van der Waals surface area contributed by atoms with Crippen molar-refractivity contribution in [3.05, 3.63) is 108 Å². The van der Waals surface area contributed by atoms with Crippen molar-refractivity contribution in [1.29, 1.82) is 0 Å². The van der Waals surface area contributed by atoms with Crippen molar-refractivity contribution >= 4 is 28.3 Å². The zero-order valence-electron chi connectivity index (χ0n) is 22.9. The average molecular weight is 627 g/mol. The lowest BCUT2D eigenvalue weighted by Gasteiger charge is -2.35. The molecule has 0 aliphatic heterocycles. The van der Waals surface area contributed by atoms with Gasteiger partial charge in [0.25, 0.3) is 0 Å². The van der Waals surface area contributed by atoms with E-state index in [4.69, 9.17) is 0 Å². The lowest BCUT2D eigenvalue weighted by molar-refractivity contribution is 0.243. The van der Waals surface area contributed by atoms with Gasteiger partial charge < -0.3 is 0 Å². The molecular weight excluding hydrogens is 578 g/mol. The second kappa shape index (κ2) is 19.0. The van der Waals surface area contributed by atoms with Crippen LogP contribution in [0, 0.1) is 5.41 Å². The molecule has 0 saturated carbocycles. The van der Waals surface area contributed by atoms with Gasteiger partial charge in [-0.25, -0.2) is 0 Å². The topological polar surface area (TPSA) is 0 Å². The summed E-state index contributed by atoms with van der Waals surface area (Å²) in [5, 5.41) is 0. The van der Waals surface area contributed by atoms with Crippen LogP contribution in [0.5, 0.6) is 0 Å². The molecule has 0 aliphatic rings. The van der Waals surface area contributed by atoms with Gasteiger partial charge in [-0.1, -0.05) is 183 Å². The number of halogens is 1. The van der Waals surface area contributed by atoms with E-state index in [0.29, 0.717) is 0 Å². The third kappa shape index (κ3) is 12.9. The molecule has 2 heteroatoms. The Bertz CT molecular complexity index is 824. The van der Waals surface area contributed by atoms with Crippen LogP contribution in [0.4, 0.5) is 0 Å². The molecule has 0 spiro atoms. The Hall–Kier alpha value is -1.18. The zero-order valence-corrected chi connectivity index (χ0v) is 26.0. The molecule has 1 unspecified atom stereocenters. The van der Waals surface area contributed by atoms with Crippen molar-refractivity contribution in [1.82, 2.24) is 0 Å². The Morgan fingerprint density at radius 2 is 0.757 bits per heavy atom. The maximum Gasteiger partial charge on any atom is -0.0176 e. The summed E-state index contributed by atoms with van der Waals surface area (Å²) >= 11 is 2.53. The van der Waals surface area contributed by atoms with E-state index < -0.39 is 0 Å². The molecule has 0 fully saturated rings. The summed E-state index contributed by atoms with van der Waals surface area (Å²) in [4.78, 5) is 0. The largest absolute Gasteiger partial charge is 0.0622 e. The van der Waals surface area contributed by atoms with Crippen LogP contribution in [0.3, 0.4) is 0 Å². The average Bonchev–Trinajstić information content (AvgIpc) is 2.93. The van der Waals surface area contributed by atoms with Gasteiger partial charge >= 0.3 is 0 Å². The van der Waals surface area contributed by atoms with E-state index in [-0.39, 0.29) is 5.41 Å². The Morgan fingerprint density at radius 3 is 1.11 bits per heavy atom. The molecule has 0 aromatic heterocycles. The van der Waals surface area contributed by atoms with E-state index in [1.54, 1.807) is 0 Å². The molecule has 200 valence electrons. The quantitative estimate of drug-likeness (QED) is 0.0665. The minimum absolute atomic E-state index is 0.252. The highest BCUT2D eigenvalue weighted by Gasteiger charge is 2.30. The lowest BCUT2D eigenvalue weighted by atomic mass is 9.69. The van der Waals surface area contributed by atoms with Gasteiger partial charge in [0, 0.05) is 0 Å². The normalized spacial score (nSPS) is 11.9. The SMILES string of the molecule is IPCCCCCCCCCCCCCC(Cc1ccccc1)(Cc1ccccc1)Cc1ccccc1. The Balaban J connectivity index is 1.52. The maximum absolute atomic E-state index is 2.53. The van der Waals surface area contributed by atoms with E-state index in [1.807, 2.05) is 0 Å². The molecule has 0 heterocycles. The van der Waals surface area contributed by atoms with Crippen LogP contribution in [0.1, 0.15) is 93.7 Å². The summed E-state index contributed by atoms with van der Waals surface area (Å²) < 4.78 is 0. The van der Waals surface area contributed by atoms with E-state index in [0.717, 1.165) is 25.5 Å². The third-order valence-electron chi connectivity index (χ3n) is 7.74. The molecule has 3 rings (SSSR count). The fraction of sp³-hybridized carbons (Fsp3) is 0.486. The van der Waals surface area contributed by atoms with Gasteiger partial charge in [-0.15, -0.1) is 0 Å². The first-order chi connectivity index (χ1) is 18.3. The van der Waals surface area contributed by atoms with Crippen LogP contribution >= 0.6 is 28.3 Å². The first-order valence-electron chi connectivity index (χ1n) is 14.7. The fourth-order valence-electron chi connectivity index (χ4n) is 5.82. The highest BCUT2D eigenvalue weighted by Crippen LogP contribution is 2.37. The smallest absolute Gasteiger partial charge is 0.0176 e. The minimum atomic E-state index is 0.252. The van der Waals surface area contributed by atoms with Crippen LogP contribution in [-0.4, -0.2) is 6.16 Å². The summed E-state index contributed by atoms with van der Waals surface area (Å²) in [7, 11) is 0. The highest BCUT2D eigenvalue weighted by atomic mass is 127. The van der Waals surface area contributed by atoms with E-state index in [2.05, 4.69) is 113 Å². The van der Waals surface area contributed by atoms with Crippen LogP contribution in [0.15, 0.2) is 91.0 Å². The van der Waals surface area contributed by atoms with Gasteiger partial charge in [-0.2, -0.15) is 0 Å². The van der Waals surface area contributed by atoms with Gasteiger partial charge in [-0.3, -0.25) is 0 Å². The summed E-state index contributed by atoms with van der Waals surface area (Å²) in [6.07, 6.45) is 22.9. The van der Waals surface area contributed by atoms with Gasteiger partial charge in [-0.05, 0) is 60.4 Å². The zero-order chi connectivity index (χ0) is 25.9. The predicted octanol–water partition coefficient (Wildman–Crippen LogP) is 11.4. The second-order valence-electron chi connectivity index (χ2n) is 11.0. The Kier molecular flexibility index (Phi) is 15.6. The number of benzene rings is 3. The van der Waals surface area contributed by atoms with Crippen molar-refractivity contribution in [3.8, 4) is 0 Å². The highest BCUT2D eigenvalue weighted by molar-refractivity contribution is 14.2.